The summed E-state index contributed by atoms with van der Waals surface area (Å²) in [5.41, 5.74) is 0. The quantitative estimate of drug-likeness (QED) is 0.602. The highest BCUT2D eigenvalue weighted by atomic mass is 35.5. The number of ether oxygens (including phenoxy) is 2. The van der Waals surface area contributed by atoms with Gasteiger partial charge in [0.1, 0.15) is 0 Å². The van der Waals surface area contributed by atoms with Gasteiger partial charge in [0.05, 0.1) is 14.9 Å². The Hall–Kier alpha value is -0.0900. The summed E-state index contributed by atoms with van der Waals surface area (Å²) in [4.78, 5) is 0.830. The second kappa shape index (κ2) is 5.71. The smallest absolute Gasteiger partial charge is 0.188 e. The van der Waals surface area contributed by atoms with E-state index in [1.807, 2.05) is 6.26 Å². The molecule has 1 aromatic carbocycles. The Morgan fingerprint density at radius 1 is 1.29 bits per heavy atom. The molecule has 2 nitrogen and oxygen atoms in total. The van der Waals surface area contributed by atoms with E-state index in [9.17, 15) is 0 Å². The number of hydrogen-bond donors (Lipinski definition) is 0. The molecule has 78 valence electrons. The van der Waals surface area contributed by atoms with Gasteiger partial charge in [-0.3, -0.25) is 0 Å². The standard InChI is InChI=1S/C9H10Cl2O2S/c1-12-5-13-8-6(10)3-4-7(11)9(8)14-2/h3-4H,5H2,1-2H3. The van der Waals surface area contributed by atoms with Crippen molar-refractivity contribution in [3.05, 3.63) is 22.2 Å². The highest BCUT2D eigenvalue weighted by Crippen LogP contribution is 2.39. The second-order valence-electron chi connectivity index (χ2n) is 2.44. The van der Waals surface area contributed by atoms with Gasteiger partial charge < -0.3 is 9.47 Å². The predicted molar refractivity (Wildman–Crippen MR) is 60.7 cm³/mol. The monoisotopic (exact) mass is 252 g/mol. The summed E-state index contributed by atoms with van der Waals surface area (Å²) in [6, 6.07) is 3.45. The van der Waals surface area contributed by atoms with Crippen LogP contribution in [0.3, 0.4) is 0 Å². The Bertz CT molecular complexity index is 318. The molecule has 0 spiro atoms. The number of hydrogen-bond acceptors (Lipinski definition) is 3. The van der Waals surface area contributed by atoms with Crippen molar-refractivity contribution in [3.8, 4) is 5.75 Å². The summed E-state index contributed by atoms with van der Waals surface area (Å²) in [6.07, 6.45) is 1.91. The third kappa shape index (κ3) is 2.70. The van der Waals surface area contributed by atoms with E-state index in [4.69, 9.17) is 32.7 Å². The lowest BCUT2D eigenvalue weighted by molar-refractivity contribution is 0.0492. The molecule has 0 aliphatic heterocycles. The van der Waals surface area contributed by atoms with Gasteiger partial charge in [0, 0.05) is 7.11 Å². The zero-order valence-corrected chi connectivity index (χ0v) is 10.2. The Labute approximate surface area is 97.5 Å². The molecule has 0 unspecified atom stereocenters. The summed E-state index contributed by atoms with van der Waals surface area (Å²) < 4.78 is 10.1. The first-order chi connectivity index (χ1) is 6.70. The molecule has 0 aliphatic carbocycles. The molecule has 0 saturated heterocycles. The van der Waals surface area contributed by atoms with Gasteiger partial charge in [-0.15, -0.1) is 11.8 Å². The minimum absolute atomic E-state index is 0.160. The molecule has 0 N–H and O–H groups in total. The summed E-state index contributed by atoms with van der Waals surface area (Å²) >= 11 is 13.4. The van der Waals surface area contributed by atoms with E-state index in [0.717, 1.165) is 4.90 Å². The van der Waals surface area contributed by atoms with Crippen molar-refractivity contribution in [1.29, 1.82) is 0 Å². The van der Waals surface area contributed by atoms with Crippen LogP contribution in [0.15, 0.2) is 17.0 Å². The second-order valence-corrected chi connectivity index (χ2v) is 4.07. The van der Waals surface area contributed by atoms with Gasteiger partial charge in [0.2, 0.25) is 0 Å². The van der Waals surface area contributed by atoms with Crippen LogP contribution in [0.25, 0.3) is 0 Å². The van der Waals surface area contributed by atoms with Gasteiger partial charge >= 0.3 is 0 Å². The summed E-state index contributed by atoms with van der Waals surface area (Å²) in [7, 11) is 1.55. The van der Waals surface area contributed by atoms with E-state index in [2.05, 4.69) is 0 Å². The minimum atomic E-state index is 0.160. The topological polar surface area (TPSA) is 18.5 Å². The van der Waals surface area contributed by atoms with Crippen LogP contribution in [0.4, 0.5) is 0 Å². The molecular weight excluding hydrogens is 243 g/mol. The first-order valence-corrected chi connectivity index (χ1v) is 5.82. The lowest BCUT2D eigenvalue weighted by Crippen LogP contribution is -2.00. The average molecular weight is 253 g/mol. The van der Waals surface area contributed by atoms with E-state index < -0.39 is 0 Å². The number of thioether (sulfide) groups is 1. The number of methoxy groups -OCH3 is 1. The normalized spacial score (nSPS) is 10.3. The highest BCUT2D eigenvalue weighted by molar-refractivity contribution is 7.98. The first-order valence-electron chi connectivity index (χ1n) is 3.84. The Kier molecular flexibility index (Phi) is 4.89. The predicted octanol–water partition coefficient (Wildman–Crippen LogP) is 3.70. The molecule has 0 aromatic heterocycles. The van der Waals surface area contributed by atoms with Gasteiger partial charge in [0.25, 0.3) is 0 Å². The molecule has 0 amide bonds. The van der Waals surface area contributed by atoms with Crippen molar-refractivity contribution in [3.63, 3.8) is 0 Å². The van der Waals surface area contributed by atoms with Crippen LogP contribution in [0, 0.1) is 0 Å². The van der Waals surface area contributed by atoms with Gasteiger partial charge in [-0.05, 0) is 18.4 Å². The van der Waals surface area contributed by atoms with Crippen molar-refractivity contribution in [2.75, 3.05) is 20.2 Å². The lowest BCUT2D eigenvalue weighted by atomic mass is 10.3. The van der Waals surface area contributed by atoms with Crippen LogP contribution >= 0.6 is 35.0 Å². The maximum atomic E-state index is 5.98. The number of halogens is 2. The zero-order valence-electron chi connectivity index (χ0n) is 7.84. The lowest BCUT2D eigenvalue weighted by Gasteiger charge is -2.11. The molecule has 0 aliphatic rings. The molecule has 1 rings (SSSR count). The van der Waals surface area contributed by atoms with Crippen molar-refractivity contribution < 1.29 is 9.47 Å². The Balaban J connectivity index is 3.03. The van der Waals surface area contributed by atoms with Crippen LogP contribution in [0.1, 0.15) is 0 Å². The maximum absolute atomic E-state index is 5.98. The molecule has 0 saturated carbocycles. The SMILES string of the molecule is COCOc1c(Cl)ccc(Cl)c1SC. The van der Waals surface area contributed by atoms with Crippen molar-refractivity contribution in [1.82, 2.24) is 0 Å². The van der Waals surface area contributed by atoms with Crippen LogP contribution in [-0.2, 0) is 4.74 Å². The molecule has 0 fully saturated rings. The molecule has 0 radical (unpaired) electrons. The van der Waals surface area contributed by atoms with Crippen LogP contribution < -0.4 is 4.74 Å². The van der Waals surface area contributed by atoms with Crippen LogP contribution in [0.5, 0.6) is 5.75 Å². The number of rotatable bonds is 4. The number of benzene rings is 1. The summed E-state index contributed by atoms with van der Waals surface area (Å²) in [6.45, 7) is 0.160. The molecule has 5 heteroatoms. The summed E-state index contributed by atoms with van der Waals surface area (Å²) in [5.74, 6) is 0.577. The van der Waals surface area contributed by atoms with Crippen LogP contribution in [-0.4, -0.2) is 20.2 Å². The van der Waals surface area contributed by atoms with Crippen molar-refractivity contribution >= 4 is 35.0 Å². The Morgan fingerprint density at radius 2 is 1.93 bits per heavy atom. The third-order valence-corrected chi connectivity index (χ3v) is 3.08. The van der Waals surface area contributed by atoms with Crippen LogP contribution in [0.2, 0.25) is 10.0 Å². The fourth-order valence-corrected chi connectivity index (χ4v) is 2.22. The van der Waals surface area contributed by atoms with E-state index in [-0.39, 0.29) is 6.79 Å². The van der Waals surface area contributed by atoms with E-state index in [1.54, 1.807) is 19.2 Å². The molecule has 0 heterocycles. The first kappa shape index (κ1) is 12.0. The molecule has 14 heavy (non-hydrogen) atoms. The van der Waals surface area contributed by atoms with Gasteiger partial charge in [0.15, 0.2) is 12.5 Å². The maximum Gasteiger partial charge on any atom is 0.188 e. The fourth-order valence-electron chi connectivity index (χ4n) is 0.957. The Morgan fingerprint density at radius 3 is 2.50 bits per heavy atom. The minimum Gasteiger partial charge on any atom is -0.465 e. The van der Waals surface area contributed by atoms with Gasteiger partial charge in [-0.25, -0.2) is 0 Å². The highest BCUT2D eigenvalue weighted by Gasteiger charge is 2.11. The van der Waals surface area contributed by atoms with E-state index in [0.29, 0.717) is 15.8 Å². The zero-order chi connectivity index (χ0) is 10.6. The van der Waals surface area contributed by atoms with Gasteiger partial charge in [-0.2, -0.15) is 0 Å². The fraction of sp³-hybridized carbons (Fsp3) is 0.333. The van der Waals surface area contributed by atoms with Gasteiger partial charge in [-0.1, -0.05) is 23.2 Å². The summed E-state index contributed by atoms with van der Waals surface area (Å²) in [5, 5.41) is 1.17. The molecular formula is C9H10Cl2O2S. The van der Waals surface area contributed by atoms with E-state index in [1.165, 1.54) is 11.8 Å². The molecule has 1 aromatic rings. The third-order valence-electron chi connectivity index (χ3n) is 1.54. The van der Waals surface area contributed by atoms with E-state index >= 15 is 0 Å². The van der Waals surface area contributed by atoms with Crippen molar-refractivity contribution in [2.24, 2.45) is 0 Å². The largest absolute Gasteiger partial charge is 0.465 e. The molecule has 0 bridgehead atoms. The average Bonchev–Trinajstić information content (AvgIpc) is 2.19. The molecule has 0 atom stereocenters. The van der Waals surface area contributed by atoms with Crippen molar-refractivity contribution in [2.45, 2.75) is 4.90 Å².